The van der Waals surface area contributed by atoms with Crippen molar-refractivity contribution in [3.8, 4) is 11.8 Å². The second kappa shape index (κ2) is 3.38. The standard InChI is InChI=1S/C11H14BNO/c1-11(2,3)8-4-5-9(14)7(6-13)10(8)12/h4-5,14H,12H2,1-3H3. The third kappa shape index (κ3) is 1.74. The number of benzene rings is 1. The fourth-order valence-corrected chi connectivity index (χ4v) is 1.65. The normalized spacial score (nSPS) is 11.0. The van der Waals surface area contributed by atoms with E-state index in [2.05, 4.69) is 20.8 Å². The first kappa shape index (κ1) is 10.7. The average molecular weight is 187 g/mol. The predicted octanol–water partition coefficient (Wildman–Crippen LogP) is 0.820. The SMILES string of the molecule is Bc1c(C(C)(C)C)ccc(O)c1C#N. The molecule has 1 N–H and O–H groups in total. The zero-order valence-electron chi connectivity index (χ0n) is 9.05. The van der Waals surface area contributed by atoms with Gasteiger partial charge in [-0.25, -0.2) is 0 Å². The van der Waals surface area contributed by atoms with Crippen molar-refractivity contribution in [2.24, 2.45) is 0 Å². The fraction of sp³-hybridized carbons (Fsp3) is 0.364. The van der Waals surface area contributed by atoms with Crippen LogP contribution in [0.15, 0.2) is 12.1 Å². The van der Waals surface area contributed by atoms with E-state index in [0.29, 0.717) is 5.56 Å². The molecule has 0 bridgehead atoms. The van der Waals surface area contributed by atoms with Crippen LogP contribution in [0.4, 0.5) is 0 Å². The van der Waals surface area contributed by atoms with Crippen LogP contribution in [0.3, 0.4) is 0 Å². The summed E-state index contributed by atoms with van der Waals surface area (Å²) in [5, 5.41) is 18.3. The lowest BCUT2D eigenvalue weighted by Crippen LogP contribution is -2.25. The second-order valence-electron chi connectivity index (χ2n) is 4.49. The van der Waals surface area contributed by atoms with Gasteiger partial charge in [0, 0.05) is 0 Å². The fourth-order valence-electron chi connectivity index (χ4n) is 1.65. The number of aromatic hydroxyl groups is 1. The Morgan fingerprint density at radius 1 is 1.36 bits per heavy atom. The van der Waals surface area contributed by atoms with E-state index in [4.69, 9.17) is 5.26 Å². The highest BCUT2D eigenvalue weighted by Gasteiger charge is 2.19. The van der Waals surface area contributed by atoms with Crippen molar-refractivity contribution in [3.63, 3.8) is 0 Å². The zero-order chi connectivity index (χ0) is 10.9. The maximum atomic E-state index is 9.46. The molecule has 0 atom stereocenters. The molecular formula is C11H14BNO. The number of phenolic OH excluding ortho intramolecular Hbond substituents is 1. The summed E-state index contributed by atoms with van der Waals surface area (Å²) in [6, 6.07) is 5.50. The number of hydrogen-bond acceptors (Lipinski definition) is 2. The molecule has 0 aliphatic carbocycles. The smallest absolute Gasteiger partial charge is 0.141 e. The van der Waals surface area contributed by atoms with Crippen LogP contribution in [0.2, 0.25) is 0 Å². The minimum absolute atomic E-state index is 0.00336. The number of hydrogen-bond donors (Lipinski definition) is 1. The van der Waals surface area contributed by atoms with Crippen molar-refractivity contribution in [1.29, 1.82) is 5.26 Å². The third-order valence-electron chi connectivity index (χ3n) is 2.36. The molecule has 0 aromatic heterocycles. The molecular weight excluding hydrogens is 173 g/mol. The summed E-state index contributed by atoms with van der Waals surface area (Å²) in [5.74, 6) is 0.0676. The quantitative estimate of drug-likeness (QED) is 0.611. The van der Waals surface area contributed by atoms with Gasteiger partial charge in [-0.3, -0.25) is 0 Å². The van der Waals surface area contributed by atoms with E-state index >= 15 is 0 Å². The highest BCUT2D eigenvalue weighted by atomic mass is 16.3. The topological polar surface area (TPSA) is 44.0 Å². The molecule has 2 nitrogen and oxygen atoms in total. The molecule has 0 radical (unpaired) electrons. The predicted molar refractivity (Wildman–Crippen MR) is 59.7 cm³/mol. The van der Waals surface area contributed by atoms with Gasteiger partial charge in [-0.05, 0) is 17.0 Å². The Labute approximate surface area is 85.6 Å². The lowest BCUT2D eigenvalue weighted by molar-refractivity contribution is 0.473. The molecule has 0 aliphatic rings. The molecule has 0 aliphatic heterocycles. The lowest BCUT2D eigenvalue weighted by Gasteiger charge is -2.22. The molecule has 0 saturated heterocycles. The van der Waals surface area contributed by atoms with Crippen LogP contribution < -0.4 is 5.46 Å². The van der Waals surface area contributed by atoms with Gasteiger partial charge in [-0.2, -0.15) is 5.26 Å². The number of nitrogens with zero attached hydrogens (tertiary/aromatic N) is 1. The average Bonchev–Trinajstić information content (AvgIpc) is 2.02. The molecule has 1 aromatic carbocycles. The van der Waals surface area contributed by atoms with E-state index in [1.165, 1.54) is 0 Å². The van der Waals surface area contributed by atoms with Crippen molar-refractivity contribution in [3.05, 3.63) is 23.3 Å². The minimum Gasteiger partial charge on any atom is -0.507 e. The summed E-state index contributed by atoms with van der Waals surface area (Å²) in [6.07, 6.45) is 0. The minimum atomic E-state index is 0.00336. The monoisotopic (exact) mass is 187 g/mol. The Morgan fingerprint density at radius 2 is 1.93 bits per heavy atom. The Balaban J connectivity index is 3.46. The van der Waals surface area contributed by atoms with E-state index < -0.39 is 0 Å². The maximum Gasteiger partial charge on any atom is 0.141 e. The van der Waals surface area contributed by atoms with E-state index in [1.54, 1.807) is 6.07 Å². The molecule has 0 amide bonds. The van der Waals surface area contributed by atoms with Gasteiger partial charge >= 0.3 is 0 Å². The summed E-state index contributed by atoms with van der Waals surface area (Å²) in [5.41, 5.74) is 2.37. The van der Waals surface area contributed by atoms with Crippen molar-refractivity contribution in [2.45, 2.75) is 26.2 Å². The van der Waals surface area contributed by atoms with Crippen LogP contribution in [0.1, 0.15) is 31.9 Å². The Kier molecular flexibility index (Phi) is 2.57. The number of rotatable bonds is 0. The maximum absolute atomic E-state index is 9.46. The summed E-state index contributed by atoms with van der Waals surface area (Å²) in [6.45, 7) is 6.27. The molecule has 1 aromatic rings. The van der Waals surface area contributed by atoms with Gasteiger partial charge in [-0.1, -0.05) is 32.3 Å². The first-order chi connectivity index (χ1) is 6.38. The molecule has 3 heteroatoms. The van der Waals surface area contributed by atoms with E-state index in [9.17, 15) is 5.11 Å². The van der Waals surface area contributed by atoms with Crippen molar-refractivity contribution in [1.82, 2.24) is 0 Å². The summed E-state index contributed by atoms with van der Waals surface area (Å²) in [7, 11) is 1.87. The van der Waals surface area contributed by atoms with Crippen LogP contribution in [-0.2, 0) is 5.41 Å². The van der Waals surface area contributed by atoms with Gasteiger partial charge in [-0.15, -0.1) is 0 Å². The molecule has 72 valence electrons. The molecule has 0 unspecified atom stereocenters. The molecule has 0 spiro atoms. The van der Waals surface area contributed by atoms with Crippen molar-refractivity contribution in [2.75, 3.05) is 0 Å². The van der Waals surface area contributed by atoms with E-state index in [1.807, 2.05) is 20.0 Å². The lowest BCUT2D eigenvalue weighted by atomic mass is 9.75. The largest absolute Gasteiger partial charge is 0.507 e. The van der Waals surface area contributed by atoms with Crippen LogP contribution in [-0.4, -0.2) is 13.0 Å². The summed E-state index contributed by atoms with van der Waals surface area (Å²) >= 11 is 0. The molecule has 0 saturated carbocycles. The van der Waals surface area contributed by atoms with Gasteiger partial charge in [0.2, 0.25) is 0 Å². The van der Waals surface area contributed by atoms with Crippen LogP contribution in [0, 0.1) is 11.3 Å². The van der Waals surface area contributed by atoms with Gasteiger partial charge in [0.05, 0.1) is 5.56 Å². The Hall–Kier alpha value is -1.43. The number of nitriles is 1. The van der Waals surface area contributed by atoms with E-state index in [-0.39, 0.29) is 11.2 Å². The third-order valence-corrected chi connectivity index (χ3v) is 2.36. The Morgan fingerprint density at radius 3 is 2.36 bits per heavy atom. The zero-order valence-corrected chi connectivity index (χ0v) is 9.05. The van der Waals surface area contributed by atoms with Gasteiger partial charge in [0.15, 0.2) is 0 Å². The van der Waals surface area contributed by atoms with Crippen LogP contribution >= 0.6 is 0 Å². The second-order valence-corrected chi connectivity index (χ2v) is 4.49. The number of phenols is 1. The van der Waals surface area contributed by atoms with Crippen LogP contribution in [0.25, 0.3) is 0 Å². The summed E-state index contributed by atoms with van der Waals surface area (Å²) < 4.78 is 0. The molecule has 1 rings (SSSR count). The summed E-state index contributed by atoms with van der Waals surface area (Å²) in [4.78, 5) is 0. The Bertz CT molecular complexity index is 399. The first-order valence-corrected chi connectivity index (χ1v) is 4.61. The van der Waals surface area contributed by atoms with Crippen LogP contribution in [0.5, 0.6) is 5.75 Å². The molecule has 14 heavy (non-hydrogen) atoms. The van der Waals surface area contributed by atoms with Crippen molar-refractivity contribution >= 4 is 13.3 Å². The van der Waals surface area contributed by atoms with Gasteiger partial charge < -0.3 is 5.11 Å². The van der Waals surface area contributed by atoms with Gasteiger partial charge in [0.25, 0.3) is 0 Å². The van der Waals surface area contributed by atoms with Gasteiger partial charge in [0.1, 0.15) is 19.7 Å². The highest BCUT2D eigenvalue weighted by Crippen LogP contribution is 2.24. The molecule has 0 heterocycles. The first-order valence-electron chi connectivity index (χ1n) is 4.61. The molecule has 0 fully saturated rings. The van der Waals surface area contributed by atoms with E-state index in [0.717, 1.165) is 11.0 Å². The van der Waals surface area contributed by atoms with Crippen molar-refractivity contribution < 1.29 is 5.11 Å². The highest BCUT2D eigenvalue weighted by molar-refractivity contribution is 6.35.